The van der Waals surface area contributed by atoms with E-state index in [2.05, 4.69) is 0 Å². The van der Waals surface area contributed by atoms with Crippen LogP contribution in [0.3, 0.4) is 0 Å². The average molecular weight is 351 g/mol. The zero-order valence-corrected chi connectivity index (χ0v) is 14.0. The lowest BCUT2D eigenvalue weighted by Gasteiger charge is -2.11. The Kier molecular flexibility index (Phi) is 5.17. The predicted molar refractivity (Wildman–Crippen MR) is 98.9 cm³/mol. The van der Waals surface area contributed by atoms with E-state index in [1.165, 1.54) is 6.07 Å². The molecular formula is C21H15ClO3. The van der Waals surface area contributed by atoms with Gasteiger partial charge in [-0.1, -0.05) is 66.2 Å². The minimum atomic E-state index is -0.279. The topological polar surface area (TPSA) is 46.5 Å². The summed E-state index contributed by atoms with van der Waals surface area (Å²) in [5.41, 5.74) is 1.26. The lowest BCUT2D eigenvalue weighted by molar-refractivity contribution is 0.0987. The molecule has 0 radical (unpaired) electrons. The van der Waals surface area contributed by atoms with Gasteiger partial charge in [0.05, 0.1) is 0 Å². The number of Topliss-reactive ketones (excluding diaryl/α,β-unsaturated/α-hetero) is 1. The highest BCUT2D eigenvalue weighted by molar-refractivity contribution is 6.30. The number of benzene rings is 3. The number of ketones is 1. The quantitative estimate of drug-likeness (QED) is 0.383. The number of phenolic OH excluding ortho intramolecular Hbond substituents is 1. The van der Waals surface area contributed by atoms with E-state index in [1.807, 2.05) is 6.07 Å². The maximum absolute atomic E-state index is 12.8. The van der Waals surface area contributed by atoms with Crippen molar-refractivity contribution in [1.82, 2.24) is 0 Å². The van der Waals surface area contributed by atoms with Gasteiger partial charge in [0, 0.05) is 10.6 Å². The van der Waals surface area contributed by atoms with Crippen molar-refractivity contribution in [3.05, 3.63) is 101 Å². The van der Waals surface area contributed by atoms with E-state index < -0.39 is 0 Å². The van der Waals surface area contributed by atoms with E-state index in [0.717, 1.165) is 5.56 Å². The summed E-state index contributed by atoms with van der Waals surface area (Å²) in [6, 6.07) is 22.4. The molecule has 0 atom stereocenters. The van der Waals surface area contributed by atoms with Crippen LogP contribution < -0.4 is 4.74 Å². The molecule has 3 rings (SSSR count). The number of para-hydroxylation sites is 2. The maximum atomic E-state index is 12.8. The fraction of sp³-hybridized carbons (Fsp3) is 0. The molecule has 0 spiro atoms. The highest BCUT2D eigenvalue weighted by Gasteiger charge is 2.16. The predicted octanol–water partition coefficient (Wildman–Crippen LogP) is 5.35. The van der Waals surface area contributed by atoms with E-state index >= 15 is 0 Å². The second-order valence-corrected chi connectivity index (χ2v) is 5.76. The largest absolute Gasteiger partial charge is 0.504 e. The van der Waals surface area contributed by atoms with Gasteiger partial charge >= 0.3 is 0 Å². The van der Waals surface area contributed by atoms with Gasteiger partial charge in [-0.3, -0.25) is 4.79 Å². The molecule has 0 heterocycles. The van der Waals surface area contributed by atoms with Crippen LogP contribution in [0.15, 0.2) is 84.6 Å². The first-order valence-electron chi connectivity index (χ1n) is 7.66. The van der Waals surface area contributed by atoms with Gasteiger partial charge in [-0.2, -0.15) is 0 Å². The average Bonchev–Trinajstić information content (AvgIpc) is 2.65. The summed E-state index contributed by atoms with van der Waals surface area (Å²) in [5, 5.41) is 10.5. The molecule has 1 N–H and O–H groups in total. The number of allylic oxidation sites excluding steroid dienone is 1. The monoisotopic (exact) mass is 350 g/mol. The third-order valence-corrected chi connectivity index (χ3v) is 3.76. The number of ether oxygens (including phenoxy) is 1. The summed E-state index contributed by atoms with van der Waals surface area (Å²) in [6.45, 7) is 0. The van der Waals surface area contributed by atoms with Gasteiger partial charge < -0.3 is 9.84 Å². The van der Waals surface area contributed by atoms with Crippen LogP contribution in [-0.4, -0.2) is 10.9 Å². The molecule has 0 aliphatic heterocycles. The molecule has 0 saturated carbocycles. The van der Waals surface area contributed by atoms with Crippen LogP contribution >= 0.6 is 11.6 Å². The molecule has 124 valence electrons. The SMILES string of the molecule is O=C(C(=Cc1ccc(Cl)cc1)Oc1ccccc1O)c1ccccc1. The van der Waals surface area contributed by atoms with Gasteiger partial charge in [-0.15, -0.1) is 0 Å². The molecule has 0 bridgehead atoms. The molecule has 0 aliphatic carbocycles. The second-order valence-electron chi connectivity index (χ2n) is 5.33. The summed E-state index contributed by atoms with van der Waals surface area (Å²) in [4.78, 5) is 12.8. The van der Waals surface area contributed by atoms with Gasteiger partial charge in [-0.25, -0.2) is 0 Å². The van der Waals surface area contributed by atoms with E-state index in [0.29, 0.717) is 10.6 Å². The van der Waals surface area contributed by atoms with Crippen molar-refractivity contribution in [3.8, 4) is 11.5 Å². The Morgan fingerprint density at radius 3 is 2.20 bits per heavy atom. The molecule has 3 aromatic carbocycles. The highest BCUT2D eigenvalue weighted by atomic mass is 35.5. The Morgan fingerprint density at radius 2 is 1.52 bits per heavy atom. The normalized spacial score (nSPS) is 11.2. The molecule has 3 nitrogen and oxygen atoms in total. The first-order valence-corrected chi connectivity index (χ1v) is 8.04. The van der Waals surface area contributed by atoms with Crippen molar-refractivity contribution in [2.45, 2.75) is 0 Å². The standard InChI is InChI=1S/C21H15ClO3/c22-17-12-10-15(11-13-17)14-20(21(24)16-6-2-1-3-7-16)25-19-9-5-4-8-18(19)23/h1-14,23H. The summed E-state index contributed by atoms with van der Waals surface area (Å²) in [5.74, 6) is 0.00573. The maximum Gasteiger partial charge on any atom is 0.228 e. The third-order valence-electron chi connectivity index (χ3n) is 3.51. The molecule has 25 heavy (non-hydrogen) atoms. The Morgan fingerprint density at radius 1 is 0.880 bits per heavy atom. The van der Waals surface area contributed by atoms with E-state index in [-0.39, 0.29) is 23.0 Å². The van der Waals surface area contributed by atoms with Crippen LogP contribution in [0.1, 0.15) is 15.9 Å². The summed E-state index contributed by atoms with van der Waals surface area (Å²) in [6.07, 6.45) is 1.62. The first-order chi connectivity index (χ1) is 12.1. The molecule has 0 amide bonds. The van der Waals surface area contributed by atoms with Crippen LogP contribution in [0.5, 0.6) is 11.5 Å². The van der Waals surface area contributed by atoms with Crippen LogP contribution in [0.25, 0.3) is 6.08 Å². The number of carbonyl (C=O) groups excluding carboxylic acids is 1. The van der Waals surface area contributed by atoms with E-state index in [9.17, 15) is 9.90 Å². The van der Waals surface area contributed by atoms with Crippen LogP contribution in [0, 0.1) is 0 Å². The zero-order chi connectivity index (χ0) is 17.6. The summed E-state index contributed by atoms with van der Waals surface area (Å²) in [7, 11) is 0. The van der Waals surface area contributed by atoms with Crippen LogP contribution in [0.4, 0.5) is 0 Å². The van der Waals surface area contributed by atoms with Crippen molar-refractivity contribution in [2.75, 3.05) is 0 Å². The Hall–Kier alpha value is -3.04. The van der Waals surface area contributed by atoms with Crippen LogP contribution in [-0.2, 0) is 0 Å². The Bertz CT molecular complexity index is 900. The molecule has 0 fully saturated rings. The van der Waals surface area contributed by atoms with Crippen molar-refractivity contribution >= 4 is 23.5 Å². The fourth-order valence-electron chi connectivity index (χ4n) is 2.25. The van der Waals surface area contributed by atoms with Gasteiger partial charge in [0.1, 0.15) is 0 Å². The third kappa shape index (κ3) is 4.28. The van der Waals surface area contributed by atoms with Crippen molar-refractivity contribution in [1.29, 1.82) is 0 Å². The van der Waals surface area contributed by atoms with Gasteiger partial charge in [0.2, 0.25) is 5.78 Å². The van der Waals surface area contributed by atoms with Crippen molar-refractivity contribution < 1.29 is 14.6 Å². The van der Waals surface area contributed by atoms with Crippen LogP contribution in [0.2, 0.25) is 5.02 Å². The molecular weight excluding hydrogens is 336 g/mol. The lowest BCUT2D eigenvalue weighted by Crippen LogP contribution is -2.09. The number of phenols is 1. The fourth-order valence-corrected chi connectivity index (χ4v) is 2.37. The number of carbonyl (C=O) groups is 1. The number of rotatable bonds is 5. The van der Waals surface area contributed by atoms with E-state index in [1.54, 1.807) is 72.8 Å². The minimum Gasteiger partial charge on any atom is -0.504 e. The number of hydrogen-bond acceptors (Lipinski definition) is 3. The lowest BCUT2D eigenvalue weighted by atomic mass is 10.1. The van der Waals surface area contributed by atoms with Crippen molar-refractivity contribution in [3.63, 3.8) is 0 Å². The second kappa shape index (κ2) is 7.69. The minimum absolute atomic E-state index is 0.0367. The molecule has 0 aromatic heterocycles. The number of hydrogen-bond donors (Lipinski definition) is 1. The molecule has 0 aliphatic rings. The molecule has 0 saturated heterocycles. The van der Waals surface area contributed by atoms with Gasteiger partial charge in [0.15, 0.2) is 17.3 Å². The van der Waals surface area contributed by atoms with Crippen molar-refractivity contribution in [2.24, 2.45) is 0 Å². The number of aromatic hydroxyl groups is 1. The molecule has 0 unspecified atom stereocenters. The van der Waals surface area contributed by atoms with Gasteiger partial charge in [0.25, 0.3) is 0 Å². The number of halogens is 1. The highest BCUT2D eigenvalue weighted by Crippen LogP contribution is 2.28. The summed E-state index contributed by atoms with van der Waals surface area (Å²) >= 11 is 5.91. The van der Waals surface area contributed by atoms with Gasteiger partial charge in [-0.05, 0) is 35.9 Å². The molecule has 4 heteroatoms. The smallest absolute Gasteiger partial charge is 0.228 e. The van der Waals surface area contributed by atoms with E-state index in [4.69, 9.17) is 16.3 Å². The Balaban J connectivity index is 2.00. The zero-order valence-electron chi connectivity index (χ0n) is 13.2. The molecule has 3 aromatic rings. The Labute approximate surface area is 150 Å². The first kappa shape index (κ1) is 16.8. The summed E-state index contributed by atoms with van der Waals surface area (Å²) < 4.78 is 5.72.